The summed E-state index contributed by atoms with van der Waals surface area (Å²) in [6.07, 6.45) is -6.70. The summed E-state index contributed by atoms with van der Waals surface area (Å²) in [5.41, 5.74) is -1.43. The molecule has 2 atom stereocenters. The highest BCUT2D eigenvalue weighted by Crippen LogP contribution is 2.33. The average Bonchev–Trinajstić information content (AvgIpc) is 2.26. The summed E-state index contributed by atoms with van der Waals surface area (Å²) in [6, 6.07) is 2.38. The quantitative estimate of drug-likeness (QED) is 0.838. The van der Waals surface area contributed by atoms with E-state index in [1.165, 1.54) is 14.0 Å². The number of aliphatic hydroxyl groups is 1. The molecule has 1 rings (SSSR count). The summed E-state index contributed by atoms with van der Waals surface area (Å²) < 4.78 is 55.0. The van der Waals surface area contributed by atoms with Gasteiger partial charge in [-0.2, -0.15) is 13.2 Å². The summed E-state index contributed by atoms with van der Waals surface area (Å²) in [7, 11) is 1.32. The second-order valence-electron chi connectivity index (χ2n) is 3.62. The third-order valence-electron chi connectivity index (χ3n) is 2.45. The highest BCUT2D eigenvalue weighted by molar-refractivity contribution is 5.29. The van der Waals surface area contributed by atoms with Gasteiger partial charge in [0.1, 0.15) is 11.9 Å². The minimum Gasteiger partial charge on any atom is -0.386 e. The molecular formula is C11H12F4O2. The number of ether oxygens (including phenoxy) is 1. The van der Waals surface area contributed by atoms with Crippen molar-refractivity contribution >= 4 is 0 Å². The van der Waals surface area contributed by atoms with E-state index >= 15 is 0 Å². The van der Waals surface area contributed by atoms with Gasteiger partial charge in [-0.1, -0.05) is 6.07 Å². The van der Waals surface area contributed by atoms with Gasteiger partial charge in [-0.25, -0.2) is 4.39 Å². The minimum absolute atomic E-state index is 0.0342. The highest BCUT2D eigenvalue weighted by atomic mass is 19.4. The second-order valence-corrected chi connectivity index (χ2v) is 3.62. The fourth-order valence-corrected chi connectivity index (χ4v) is 1.34. The summed E-state index contributed by atoms with van der Waals surface area (Å²) >= 11 is 0. The standard InChI is InChI=1S/C11H12F4O2/c1-6(17-2)10(16)7-3-4-9(12)8(5-7)11(13,14)15/h3-6,10,16H,1-2H3. The molecule has 6 heteroatoms. The third-order valence-corrected chi connectivity index (χ3v) is 2.45. The SMILES string of the molecule is COC(C)C(O)c1ccc(F)c(C(F)(F)F)c1. The molecule has 0 heterocycles. The van der Waals surface area contributed by atoms with Crippen LogP contribution in [0, 0.1) is 5.82 Å². The van der Waals surface area contributed by atoms with Crippen LogP contribution in [-0.4, -0.2) is 18.3 Å². The molecule has 0 fully saturated rings. The zero-order chi connectivity index (χ0) is 13.2. The maximum atomic E-state index is 13.0. The van der Waals surface area contributed by atoms with Gasteiger partial charge in [0.05, 0.1) is 11.7 Å². The van der Waals surface area contributed by atoms with Gasteiger partial charge in [-0.05, 0) is 24.6 Å². The van der Waals surface area contributed by atoms with Gasteiger partial charge in [0.25, 0.3) is 0 Å². The van der Waals surface area contributed by atoms with Crippen LogP contribution in [0.5, 0.6) is 0 Å². The van der Waals surface area contributed by atoms with Crippen LogP contribution in [0.4, 0.5) is 17.6 Å². The van der Waals surface area contributed by atoms with Gasteiger partial charge < -0.3 is 9.84 Å². The lowest BCUT2D eigenvalue weighted by molar-refractivity contribution is -0.140. The number of hydrogen-bond donors (Lipinski definition) is 1. The number of halogens is 4. The average molecular weight is 252 g/mol. The van der Waals surface area contributed by atoms with Gasteiger partial charge >= 0.3 is 6.18 Å². The van der Waals surface area contributed by atoms with Crippen LogP contribution in [0.2, 0.25) is 0 Å². The van der Waals surface area contributed by atoms with Gasteiger partial charge in [0.2, 0.25) is 0 Å². The molecule has 0 spiro atoms. The molecule has 0 saturated heterocycles. The summed E-state index contributed by atoms with van der Waals surface area (Å²) in [6.45, 7) is 1.50. The van der Waals surface area contributed by atoms with E-state index in [1.54, 1.807) is 0 Å². The number of methoxy groups -OCH3 is 1. The van der Waals surface area contributed by atoms with E-state index in [2.05, 4.69) is 0 Å². The van der Waals surface area contributed by atoms with Crippen molar-refractivity contribution in [2.75, 3.05) is 7.11 Å². The Balaban J connectivity index is 3.13. The maximum absolute atomic E-state index is 13.0. The van der Waals surface area contributed by atoms with Crippen molar-refractivity contribution in [3.05, 3.63) is 35.1 Å². The zero-order valence-corrected chi connectivity index (χ0v) is 9.25. The van der Waals surface area contributed by atoms with Gasteiger partial charge in [0, 0.05) is 7.11 Å². The first-order chi connectivity index (χ1) is 7.77. The van der Waals surface area contributed by atoms with E-state index in [4.69, 9.17) is 4.74 Å². The lowest BCUT2D eigenvalue weighted by Crippen LogP contribution is -2.18. The number of hydrogen-bond acceptors (Lipinski definition) is 2. The number of benzene rings is 1. The molecule has 2 nitrogen and oxygen atoms in total. The van der Waals surface area contributed by atoms with Crippen molar-refractivity contribution < 1.29 is 27.4 Å². The first-order valence-corrected chi connectivity index (χ1v) is 4.85. The summed E-state index contributed by atoms with van der Waals surface area (Å²) in [4.78, 5) is 0. The number of rotatable bonds is 3. The lowest BCUT2D eigenvalue weighted by Gasteiger charge is -2.19. The van der Waals surface area contributed by atoms with E-state index in [0.717, 1.165) is 6.07 Å². The Kier molecular flexibility index (Phi) is 4.11. The van der Waals surface area contributed by atoms with Crippen LogP contribution in [-0.2, 0) is 10.9 Å². The van der Waals surface area contributed by atoms with Crippen LogP contribution >= 0.6 is 0 Å². The fourth-order valence-electron chi connectivity index (χ4n) is 1.34. The molecule has 96 valence electrons. The van der Waals surface area contributed by atoms with Crippen molar-refractivity contribution in [1.82, 2.24) is 0 Å². The smallest absolute Gasteiger partial charge is 0.386 e. The molecule has 0 aromatic heterocycles. The highest BCUT2D eigenvalue weighted by Gasteiger charge is 2.35. The molecule has 1 aromatic rings. The first-order valence-electron chi connectivity index (χ1n) is 4.85. The molecule has 0 aliphatic heterocycles. The van der Waals surface area contributed by atoms with Gasteiger partial charge in [-0.3, -0.25) is 0 Å². The summed E-state index contributed by atoms with van der Waals surface area (Å²) in [5, 5.41) is 9.66. The predicted molar refractivity (Wildman–Crippen MR) is 52.8 cm³/mol. The fraction of sp³-hybridized carbons (Fsp3) is 0.455. The molecule has 0 aliphatic carbocycles. The van der Waals surface area contributed by atoms with Crippen LogP contribution in [0.25, 0.3) is 0 Å². The monoisotopic (exact) mass is 252 g/mol. The van der Waals surface area contributed by atoms with E-state index in [9.17, 15) is 22.7 Å². The van der Waals surface area contributed by atoms with Crippen LogP contribution in [0.3, 0.4) is 0 Å². The third kappa shape index (κ3) is 3.17. The molecule has 1 N–H and O–H groups in total. The molecular weight excluding hydrogens is 240 g/mol. The van der Waals surface area contributed by atoms with Crippen LogP contribution < -0.4 is 0 Å². The Morgan fingerprint density at radius 3 is 2.35 bits per heavy atom. The van der Waals surface area contributed by atoms with Gasteiger partial charge in [0.15, 0.2) is 0 Å². The molecule has 1 aromatic carbocycles. The largest absolute Gasteiger partial charge is 0.419 e. The first kappa shape index (κ1) is 13.9. The van der Waals surface area contributed by atoms with E-state index in [-0.39, 0.29) is 5.56 Å². The molecule has 2 unspecified atom stereocenters. The number of aliphatic hydroxyl groups excluding tert-OH is 1. The van der Waals surface area contributed by atoms with Crippen molar-refractivity contribution in [3.63, 3.8) is 0 Å². The molecule has 0 amide bonds. The molecule has 17 heavy (non-hydrogen) atoms. The normalized spacial score (nSPS) is 15.7. The summed E-state index contributed by atoms with van der Waals surface area (Å²) in [5.74, 6) is -1.36. The topological polar surface area (TPSA) is 29.5 Å². The van der Waals surface area contributed by atoms with Crippen LogP contribution in [0.1, 0.15) is 24.2 Å². The Labute approximate surface area is 95.8 Å². The predicted octanol–water partition coefficient (Wildman–Crippen LogP) is 2.91. The minimum atomic E-state index is -4.78. The zero-order valence-electron chi connectivity index (χ0n) is 9.25. The second kappa shape index (κ2) is 5.01. The van der Waals surface area contributed by atoms with Crippen molar-refractivity contribution in [2.24, 2.45) is 0 Å². The Hall–Kier alpha value is -1.14. The molecule has 0 saturated carbocycles. The van der Waals surface area contributed by atoms with Gasteiger partial charge in [-0.15, -0.1) is 0 Å². The van der Waals surface area contributed by atoms with Crippen molar-refractivity contribution in [2.45, 2.75) is 25.3 Å². The lowest BCUT2D eigenvalue weighted by atomic mass is 10.0. The Bertz CT molecular complexity index is 390. The van der Waals surface area contributed by atoms with Crippen LogP contribution in [0.15, 0.2) is 18.2 Å². The Morgan fingerprint density at radius 1 is 1.29 bits per heavy atom. The number of alkyl halides is 3. The van der Waals surface area contributed by atoms with E-state index in [0.29, 0.717) is 12.1 Å². The van der Waals surface area contributed by atoms with Crippen molar-refractivity contribution in [1.29, 1.82) is 0 Å². The Morgan fingerprint density at radius 2 is 1.88 bits per heavy atom. The molecule has 0 radical (unpaired) electrons. The molecule has 0 bridgehead atoms. The molecule has 0 aliphatic rings. The van der Waals surface area contributed by atoms with Crippen molar-refractivity contribution in [3.8, 4) is 0 Å². The van der Waals surface area contributed by atoms with E-state index in [1.807, 2.05) is 0 Å². The maximum Gasteiger partial charge on any atom is 0.419 e. The van der Waals surface area contributed by atoms with E-state index < -0.39 is 29.8 Å².